The minimum absolute atomic E-state index is 0.0409. The second-order valence-corrected chi connectivity index (χ2v) is 10.7. The number of hydrogen-bond donors (Lipinski definition) is 8. The Kier molecular flexibility index (Phi) is 8.84. The molecule has 2 saturated heterocycles. The third-order valence-corrected chi connectivity index (χ3v) is 7.67. The van der Waals surface area contributed by atoms with Crippen molar-refractivity contribution in [3.05, 3.63) is 52.2 Å². The summed E-state index contributed by atoms with van der Waals surface area (Å²) in [6.45, 7) is 1.73. The van der Waals surface area contributed by atoms with Gasteiger partial charge in [-0.3, -0.25) is 9.59 Å². The summed E-state index contributed by atoms with van der Waals surface area (Å²) in [6.07, 6.45) is -16.0. The fourth-order valence-corrected chi connectivity index (χ4v) is 5.47. The summed E-state index contributed by atoms with van der Waals surface area (Å²) in [4.78, 5) is 24.7. The number of phenols is 3. The summed E-state index contributed by atoms with van der Waals surface area (Å²) in [5, 5.41) is 84.0. The van der Waals surface area contributed by atoms with Crippen molar-refractivity contribution in [2.45, 2.75) is 75.1 Å². The number of ether oxygens (including phenoxy) is 4. The van der Waals surface area contributed by atoms with E-state index in [0.717, 1.165) is 19.1 Å². The summed E-state index contributed by atoms with van der Waals surface area (Å²) in [6, 6.07) is 7.49. The number of phenolic OH excluding ortho intramolecular Hbond substituents is 3. The first-order valence-corrected chi connectivity index (χ1v) is 13.6. The van der Waals surface area contributed by atoms with E-state index in [4.69, 9.17) is 23.4 Å². The van der Waals surface area contributed by atoms with Crippen LogP contribution in [0.1, 0.15) is 25.5 Å². The molecule has 0 amide bonds. The van der Waals surface area contributed by atoms with E-state index in [1.54, 1.807) is 0 Å². The van der Waals surface area contributed by atoms with Gasteiger partial charge in [0.2, 0.25) is 0 Å². The van der Waals surface area contributed by atoms with Crippen LogP contribution in [0.3, 0.4) is 0 Å². The smallest absolute Gasteiger partial charge is 0.303 e. The maximum atomic E-state index is 13.2. The molecule has 0 radical (unpaired) electrons. The highest BCUT2D eigenvalue weighted by atomic mass is 16.7. The number of esters is 1. The number of rotatable bonds is 6. The Hall–Kier alpha value is -3.80. The molecule has 238 valence electrons. The minimum Gasteiger partial charge on any atom is -0.508 e. The Labute approximate surface area is 248 Å². The van der Waals surface area contributed by atoms with E-state index < -0.39 is 96.3 Å². The number of aromatic hydroxyl groups is 3. The Bertz CT molecular complexity index is 1570. The van der Waals surface area contributed by atoms with Gasteiger partial charge in [-0.25, -0.2) is 0 Å². The van der Waals surface area contributed by atoms with Crippen LogP contribution in [-0.2, 0) is 23.7 Å². The third kappa shape index (κ3) is 5.71. The molecule has 15 heteroatoms. The lowest BCUT2D eigenvalue weighted by Gasteiger charge is -2.46. The van der Waals surface area contributed by atoms with Gasteiger partial charge in [-0.1, -0.05) is 0 Å². The Balaban J connectivity index is 1.62. The van der Waals surface area contributed by atoms with Gasteiger partial charge in [0, 0.05) is 24.6 Å². The summed E-state index contributed by atoms with van der Waals surface area (Å²) < 4.78 is 28.4. The summed E-state index contributed by atoms with van der Waals surface area (Å²) in [5.74, 6) is -2.18. The van der Waals surface area contributed by atoms with Crippen LogP contribution < -0.4 is 5.43 Å². The lowest BCUT2D eigenvalue weighted by molar-refractivity contribution is -0.338. The first-order valence-electron chi connectivity index (χ1n) is 13.6. The van der Waals surface area contributed by atoms with Gasteiger partial charge in [-0.05, 0) is 31.2 Å². The van der Waals surface area contributed by atoms with Crippen LogP contribution in [0.2, 0.25) is 0 Å². The van der Waals surface area contributed by atoms with E-state index in [1.807, 2.05) is 0 Å². The Morgan fingerprint density at radius 2 is 1.55 bits per heavy atom. The van der Waals surface area contributed by atoms with Crippen LogP contribution in [0.5, 0.6) is 17.2 Å². The molecule has 10 atom stereocenters. The van der Waals surface area contributed by atoms with E-state index in [2.05, 4.69) is 0 Å². The molecule has 44 heavy (non-hydrogen) atoms. The normalized spacial score (nSPS) is 32.4. The number of carbonyl (C=O) groups excluding carboxylic acids is 1. The Morgan fingerprint density at radius 3 is 2.18 bits per heavy atom. The van der Waals surface area contributed by atoms with Crippen molar-refractivity contribution in [3.63, 3.8) is 0 Å². The molecule has 5 rings (SSSR count). The Morgan fingerprint density at radius 1 is 0.886 bits per heavy atom. The number of hydrogen-bond acceptors (Lipinski definition) is 15. The molecule has 0 spiro atoms. The number of aliphatic hydroxyl groups excluding tert-OH is 5. The summed E-state index contributed by atoms with van der Waals surface area (Å²) in [5.41, 5.74) is -1.13. The maximum Gasteiger partial charge on any atom is 0.303 e. The zero-order chi connectivity index (χ0) is 32.0. The van der Waals surface area contributed by atoms with Gasteiger partial charge in [0.25, 0.3) is 0 Å². The second-order valence-electron chi connectivity index (χ2n) is 10.7. The molecule has 15 nitrogen and oxygen atoms in total. The first-order chi connectivity index (χ1) is 20.8. The topological polar surface area (TPSA) is 246 Å². The molecule has 2 aliphatic heterocycles. The second kappa shape index (κ2) is 12.3. The number of carbonyl (C=O) groups is 1. The van der Waals surface area contributed by atoms with Crippen molar-refractivity contribution < 1.29 is 69.0 Å². The van der Waals surface area contributed by atoms with Gasteiger partial charge in [0.15, 0.2) is 23.4 Å². The molecule has 3 heterocycles. The van der Waals surface area contributed by atoms with Crippen LogP contribution in [0.25, 0.3) is 22.3 Å². The van der Waals surface area contributed by atoms with Gasteiger partial charge in [-0.15, -0.1) is 0 Å². The molecule has 0 aliphatic carbocycles. The average Bonchev–Trinajstić information content (AvgIpc) is 2.96. The monoisotopic (exact) mass is 620 g/mol. The molecule has 1 unspecified atom stereocenters. The molecule has 2 fully saturated rings. The quantitative estimate of drug-likeness (QED) is 0.162. The SMILES string of the molecule is CC(=O)O[C@@H]1[C@H](O)[C@@H](O)C(O[C@@H]2[C@@H](O)[C@H](O)[C@@H](CO)O[C@H]2c2c(O)cc(O)c3c(=O)cc(-c4ccc(O)cc4)oc23)O[C@H]1C. The van der Waals surface area contributed by atoms with E-state index in [1.165, 1.54) is 31.2 Å². The summed E-state index contributed by atoms with van der Waals surface area (Å²) in [7, 11) is 0. The largest absolute Gasteiger partial charge is 0.508 e. The molecule has 0 bridgehead atoms. The molecular formula is C29H32O15. The third-order valence-electron chi connectivity index (χ3n) is 7.67. The van der Waals surface area contributed by atoms with Crippen LogP contribution in [0, 0.1) is 0 Å². The fourth-order valence-electron chi connectivity index (χ4n) is 5.47. The van der Waals surface area contributed by atoms with Crippen molar-refractivity contribution in [3.8, 4) is 28.6 Å². The average molecular weight is 621 g/mol. The van der Waals surface area contributed by atoms with Gasteiger partial charge in [0.1, 0.15) is 71.1 Å². The van der Waals surface area contributed by atoms with Crippen LogP contribution in [0.15, 0.2) is 45.6 Å². The van der Waals surface area contributed by atoms with E-state index in [-0.39, 0.29) is 22.5 Å². The zero-order valence-electron chi connectivity index (χ0n) is 23.4. The highest BCUT2D eigenvalue weighted by Gasteiger charge is 2.52. The van der Waals surface area contributed by atoms with E-state index in [0.29, 0.717) is 5.56 Å². The van der Waals surface area contributed by atoms with Crippen molar-refractivity contribution >= 4 is 16.9 Å². The number of fused-ring (bicyclic) bond motifs is 1. The molecule has 1 aromatic heterocycles. The van der Waals surface area contributed by atoms with E-state index in [9.17, 15) is 50.4 Å². The van der Waals surface area contributed by atoms with Gasteiger partial charge in [-0.2, -0.15) is 0 Å². The van der Waals surface area contributed by atoms with Crippen LogP contribution in [0.4, 0.5) is 0 Å². The van der Waals surface area contributed by atoms with Gasteiger partial charge >= 0.3 is 5.97 Å². The van der Waals surface area contributed by atoms with Crippen molar-refractivity contribution in [1.29, 1.82) is 0 Å². The summed E-state index contributed by atoms with van der Waals surface area (Å²) >= 11 is 0. The fraction of sp³-hybridized carbons (Fsp3) is 0.448. The molecule has 2 aromatic carbocycles. The highest BCUT2D eigenvalue weighted by Crippen LogP contribution is 2.45. The molecule has 2 aliphatic rings. The van der Waals surface area contributed by atoms with Crippen molar-refractivity contribution in [2.75, 3.05) is 6.61 Å². The molecule has 3 aromatic rings. The lowest BCUT2D eigenvalue weighted by atomic mass is 9.89. The highest BCUT2D eigenvalue weighted by molar-refractivity contribution is 5.89. The van der Waals surface area contributed by atoms with Crippen molar-refractivity contribution in [2.24, 2.45) is 0 Å². The first kappa shape index (κ1) is 31.6. The molecular weight excluding hydrogens is 588 g/mol. The van der Waals surface area contributed by atoms with Crippen LogP contribution >= 0.6 is 0 Å². The van der Waals surface area contributed by atoms with Gasteiger partial charge < -0.3 is 64.2 Å². The number of aliphatic hydroxyl groups is 5. The number of benzene rings is 2. The van der Waals surface area contributed by atoms with E-state index >= 15 is 0 Å². The van der Waals surface area contributed by atoms with Crippen molar-refractivity contribution in [1.82, 2.24) is 0 Å². The molecule has 8 N–H and O–H groups in total. The minimum atomic E-state index is -1.88. The predicted octanol–water partition coefficient (Wildman–Crippen LogP) is -0.486. The predicted molar refractivity (Wildman–Crippen MR) is 146 cm³/mol. The zero-order valence-corrected chi connectivity index (χ0v) is 23.4. The van der Waals surface area contributed by atoms with Gasteiger partial charge in [0.05, 0.1) is 18.3 Å². The lowest BCUT2D eigenvalue weighted by Crippen LogP contribution is -2.62. The maximum absolute atomic E-state index is 13.2. The molecule has 0 saturated carbocycles. The standard InChI is InChI=1S/C29H32O15/c1-10-25(41-11(2)31)23(38)24(39)29(40-10)44-28-22(37)21(36)18(9-30)43-27(28)20-15(34)7-14(33)19-16(35)8-17(42-26(19)20)12-3-5-13(32)6-4-12/h3-8,10,18,21-25,27-30,32-34,36-39H,9H2,1-2H3/t10-,18+,21+,22-,23+,24+,25-,27-,28+,29?/m0/s1. The van der Waals surface area contributed by atoms with Crippen LogP contribution in [-0.4, -0.2) is 109 Å².